The van der Waals surface area contributed by atoms with Gasteiger partial charge in [0.1, 0.15) is 9.84 Å². The summed E-state index contributed by atoms with van der Waals surface area (Å²) in [6, 6.07) is -0.0512. The second-order valence-corrected chi connectivity index (χ2v) is 9.08. The minimum atomic E-state index is -3.03. The fourth-order valence-electron chi connectivity index (χ4n) is 2.97. The van der Waals surface area contributed by atoms with Gasteiger partial charge in [-0.25, -0.2) is 13.4 Å². The van der Waals surface area contributed by atoms with Gasteiger partial charge in [-0.3, -0.25) is 9.20 Å². The molecule has 2 aromatic rings. The van der Waals surface area contributed by atoms with Gasteiger partial charge < -0.3 is 5.32 Å². The Balaban J connectivity index is 1.58. The Hall–Kier alpha value is -1.41. The minimum absolute atomic E-state index is 0.0512. The third kappa shape index (κ3) is 3.49. The largest absolute Gasteiger partial charge is 0.353 e. The van der Waals surface area contributed by atoms with Gasteiger partial charge in [-0.2, -0.15) is 0 Å². The average molecular weight is 341 g/mol. The van der Waals surface area contributed by atoms with Gasteiger partial charge in [0.15, 0.2) is 4.96 Å². The van der Waals surface area contributed by atoms with Crippen LogP contribution < -0.4 is 5.32 Å². The zero-order valence-electron chi connectivity index (χ0n) is 12.4. The normalized spacial score (nSPS) is 22.8. The number of nitrogens with zero attached hydrogens (tertiary/aromatic N) is 2. The Labute approximate surface area is 133 Å². The van der Waals surface area contributed by atoms with E-state index < -0.39 is 9.84 Å². The maximum absolute atomic E-state index is 12.1. The van der Waals surface area contributed by atoms with Crippen molar-refractivity contribution in [1.29, 1.82) is 0 Å². The van der Waals surface area contributed by atoms with Crippen molar-refractivity contribution in [2.75, 3.05) is 6.26 Å². The molecule has 0 spiro atoms. The molecule has 0 aliphatic heterocycles. The SMILES string of the molecule is CS(=O)(=O)[C@@H]1CCC[C@H](NC(=O)Cc2cn3ccsc3n2)C1. The van der Waals surface area contributed by atoms with E-state index in [1.807, 2.05) is 22.2 Å². The predicted octanol–water partition coefficient (Wildman–Crippen LogP) is 1.41. The number of rotatable bonds is 4. The lowest BCUT2D eigenvalue weighted by atomic mass is 9.95. The summed E-state index contributed by atoms with van der Waals surface area (Å²) in [5.74, 6) is -0.0927. The molecule has 1 amide bonds. The number of sulfone groups is 1. The molecule has 0 saturated heterocycles. The first kappa shape index (κ1) is 15.5. The van der Waals surface area contributed by atoms with E-state index in [0.717, 1.165) is 23.5 Å². The molecular weight excluding hydrogens is 322 g/mol. The van der Waals surface area contributed by atoms with Crippen LogP contribution >= 0.6 is 11.3 Å². The van der Waals surface area contributed by atoms with Gasteiger partial charge >= 0.3 is 0 Å². The molecule has 2 atom stereocenters. The molecule has 0 radical (unpaired) electrons. The topological polar surface area (TPSA) is 80.5 Å². The molecule has 1 saturated carbocycles. The average Bonchev–Trinajstić information content (AvgIpc) is 2.98. The van der Waals surface area contributed by atoms with Gasteiger partial charge in [-0.05, 0) is 19.3 Å². The first-order valence-electron chi connectivity index (χ1n) is 7.31. The lowest BCUT2D eigenvalue weighted by Crippen LogP contribution is -2.42. The van der Waals surface area contributed by atoms with Crippen molar-refractivity contribution in [1.82, 2.24) is 14.7 Å². The molecular formula is C14H19N3O3S2. The molecule has 2 aromatic heterocycles. The zero-order chi connectivity index (χ0) is 15.7. The standard InChI is InChI=1S/C14H19N3O3S2/c1-22(19,20)12-4-2-3-10(7-12)15-13(18)8-11-9-17-5-6-21-14(17)16-11/h5-6,9-10,12H,2-4,7-8H2,1H3,(H,15,18)/t10-,12+/m0/s1. The number of fused-ring (bicyclic) bond motifs is 1. The van der Waals surface area contributed by atoms with Crippen LogP contribution in [-0.4, -0.2) is 41.3 Å². The van der Waals surface area contributed by atoms with E-state index in [9.17, 15) is 13.2 Å². The number of nitrogens with one attached hydrogen (secondary N) is 1. The molecule has 8 heteroatoms. The van der Waals surface area contributed by atoms with Crippen LogP contribution in [0, 0.1) is 0 Å². The molecule has 22 heavy (non-hydrogen) atoms. The quantitative estimate of drug-likeness (QED) is 0.912. The molecule has 1 aliphatic rings. The summed E-state index contributed by atoms with van der Waals surface area (Å²) in [7, 11) is -3.03. The Morgan fingerprint density at radius 3 is 3.05 bits per heavy atom. The first-order chi connectivity index (χ1) is 10.4. The molecule has 1 aliphatic carbocycles. The molecule has 3 rings (SSSR count). The van der Waals surface area contributed by atoms with Crippen LogP contribution in [0.5, 0.6) is 0 Å². The van der Waals surface area contributed by atoms with Crippen molar-refractivity contribution in [3.63, 3.8) is 0 Å². The Bertz CT molecular complexity index is 750. The number of hydrogen-bond acceptors (Lipinski definition) is 5. The van der Waals surface area contributed by atoms with E-state index in [-0.39, 0.29) is 23.6 Å². The molecule has 6 nitrogen and oxygen atoms in total. The number of hydrogen-bond donors (Lipinski definition) is 1. The van der Waals surface area contributed by atoms with Crippen molar-refractivity contribution < 1.29 is 13.2 Å². The van der Waals surface area contributed by atoms with E-state index in [4.69, 9.17) is 0 Å². The highest BCUT2D eigenvalue weighted by atomic mass is 32.2. The number of aromatic nitrogens is 2. The Kier molecular flexibility index (Phi) is 4.22. The van der Waals surface area contributed by atoms with Gasteiger partial charge in [-0.1, -0.05) is 6.42 Å². The van der Waals surface area contributed by atoms with Crippen LogP contribution in [0.4, 0.5) is 0 Å². The molecule has 2 heterocycles. The van der Waals surface area contributed by atoms with E-state index in [2.05, 4.69) is 10.3 Å². The fourth-order valence-corrected chi connectivity index (χ4v) is 4.87. The second-order valence-electron chi connectivity index (χ2n) is 5.88. The maximum atomic E-state index is 12.1. The number of amides is 1. The molecule has 0 unspecified atom stereocenters. The van der Waals surface area contributed by atoms with Gasteiger partial charge in [0, 0.05) is 30.1 Å². The van der Waals surface area contributed by atoms with Crippen LogP contribution in [0.3, 0.4) is 0 Å². The number of imidazole rings is 1. The van der Waals surface area contributed by atoms with Crippen molar-refractivity contribution in [2.45, 2.75) is 43.4 Å². The van der Waals surface area contributed by atoms with Crippen LogP contribution in [0.15, 0.2) is 17.8 Å². The highest BCUT2D eigenvalue weighted by Gasteiger charge is 2.29. The van der Waals surface area contributed by atoms with Gasteiger partial charge in [0.25, 0.3) is 0 Å². The van der Waals surface area contributed by atoms with Gasteiger partial charge in [0.2, 0.25) is 5.91 Å². The highest BCUT2D eigenvalue weighted by Crippen LogP contribution is 2.24. The lowest BCUT2D eigenvalue weighted by Gasteiger charge is -2.28. The summed E-state index contributed by atoms with van der Waals surface area (Å²) >= 11 is 1.53. The summed E-state index contributed by atoms with van der Waals surface area (Å²) in [5, 5.41) is 4.57. The number of carbonyl (C=O) groups is 1. The molecule has 0 aromatic carbocycles. The lowest BCUT2D eigenvalue weighted by molar-refractivity contribution is -0.121. The molecule has 1 N–H and O–H groups in total. The van der Waals surface area contributed by atoms with E-state index in [1.165, 1.54) is 17.6 Å². The monoisotopic (exact) mass is 341 g/mol. The van der Waals surface area contributed by atoms with E-state index in [1.54, 1.807) is 0 Å². The highest BCUT2D eigenvalue weighted by molar-refractivity contribution is 7.91. The fraction of sp³-hybridized carbons (Fsp3) is 0.571. The summed E-state index contributed by atoms with van der Waals surface area (Å²) in [6.07, 6.45) is 8.16. The van der Waals surface area contributed by atoms with Crippen LogP contribution in [0.25, 0.3) is 4.96 Å². The summed E-state index contributed by atoms with van der Waals surface area (Å²) in [6.45, 7) is 0. The van der Waals surface area contributed by atoms with Crippen molar-refractivity contribution in [3.8, 4) is 0 Å². The van der Waals surface area contributed by atoms with Crippen LogP contribution in [-0.2, 0) is 21.1 Å². The van der Waals surface area contributed by atoms with Crippen LogP contribution in [0.2, 0.25) is 0 Å². The molecule has 120 valence electrons. The summed E-state index contributed by atoms with van der Waals surface area (Å²) in [4.78, 5) is 17.4. The zero-order valence-corrected chi connectivity index (χ0v) is 14.0. The first-order valence-corrected chi connectivity index (χ1v) is 10.1. The van der Waals surface area contributed by atoms with Gasteiger partial charge in [-0.15, -0.1) is 11.3 Å². The molecule has 0 bridgehead atoms. The Morgan fingerprint density at radius 1 is 1.50 bits per heavy atom. The van der Waals surface area contributed by atoms with E-state index >= 15 is 0 Å². The van der Waals surface area contributed by atoms with Crippen molar-refractivity contribution >= 4 is 32.0 Å². The smallest absolute Gasteiger partial charge is 0.226 e. The Morgan fingerprint density at radius 2 is 2.32 bits per heavy atom. The maximum Gasteiger partial charge on any atom is 0.226 e. The molecule has 1 fully saturated rings. The second kappa shape index (κ2) is 6.00. The third-order valence-electron chi connectivity index (χ3n) is 4.08. The van der Waals surface area contributed by atoms with Crippen LogP contribution in [0.1, 0.15) is 31.4 Å². The summed E-state index contributed by atoms with van der Waals surface area (Å²) in [5.41, 5.74) is 0.736. The summed E-state index contributed by atoms with van der Waals surface area (Å²) < 4.78 is 25.2. The predicted molar refractivity (Wildman–Crippen MR) is 85.8 cm³/mol. The van der Waals surface area contributed by atoms with E-state index in [0.29, 0.717) is 12.8 Å². The number of thiazole rings is 1. The van der Waals surface area contributed by atoms with Crippen molar-refractivity contribution in [3.05, 3.63) is 23.5 Å². The van der Waals surface area contributed by atoms with Crippen molar-refractivity contribution in [2.24, 2.45) is 0 Å². The van der Waals surface area contributed by atoms with Gasteiger partial charge in [0.05, 0.1) is 17.4 Å². The minimum Gasteiger partial charge on any atom is -0.353 e. The third-order valence-corrected chi connectivity index (χ3v) is 6.49. The number of carbonyl (C=O) groups excluding carboxylic acids is 1.